The largest absolute Gasteiger partial charge is 0.480 e. The molecule has 200 valence electrons. The lowest BCUT2D eigenvalue weighted by Crippen LogP contribution is -2.52. The molecule has 1 heterocycles. The van der Waals surface area contributed by atoms with Gasteiger partial charge in [-0.2, -0.15) is 0 Å². The first kappa shape index (κ1) is 28.7. The van der Waals surface area contributed by atoms with Gasteiger partial charge in [-0.25, -0.2) is 9.59 Å². The van der Waals surface area contributed by atoms with Crippen LogP contribution in [-0.2, 0) is 16.0 Å². The van der Waals surface area contributed by atoms with Crippen LogP contribution < -0.4 is 5.32 Å². The number of hydrogen-bond donors (Lipinski definition) is 2. The van der Waals surface area contributed by atoms with Gasteiger partial charge in [-0.1, -0.05) is 88.9 Å². The number of halogens is 4. The molecule has 0 aliphatic carbocycles. The number of nitrogens with one attached hydrogen (secondary N) is 1. The molecule has 1 aliphatic heterocycles. The van der Waals surface area contributed by atoms with Gasteiger partial charge in [0.1, 0.15) is 6.04 Å². The van der Waals surface area contributed by atoms with Crippen molar-refractivity contribution in [2.75, 3.05) is 13.1 Å². The summed E-state index contributed by atoms with van der Waals surface area (Å²) in [6, 6.07) is 17.1. The third-order valence-corrected chi connectivity index (χ3v) is 7.52. The van der Waals surface area contributed by atoms with Crippen LogP contribution >= 0.6 is 46.4 Å². The van der Waals surface area contributed by atoms with Crippen molar-refractivity contribution in [3.8, 4) is 0 Å². The Morgan fingerprint density at radius 3 is 1.79 bits per heavy atom. The van der Waals surface area contributed by atoms with Crippen LogP contribution in [0.3, 0.4) is 0 Å². The molecule has 1 fully saturated rings. The smallest absolute Gasteiger partial charge is 0.326 e. The Hall–Kier alpha value is -3.29. The Balaban J connectivity index is 1.66. The van der Waals surface area contributed by atoms with Crippen LogP contribution in [-0.4, -0.2) is 46.9 Å². The number of hydrogen-bond acceptors (Lipinski definition) is 3. The van der Waals surface area contributed by atoms with Crippen molar-refractivity contribution in [1.29, 1.82) is 0 Å². The fourth-order valence-corrected chi connectivity index (χ4v) is 4.69. The van der Waals surface area contributed by atoms with Crippen LogP contribution in [0.1, 0.15) is 16.7 Å². The molecule has 0 radical (unpaired) electrons. The number of amides is 2. The number of carbonyl (C=O) groups is 3. The molecule has 0 spiro atoms. The summed E-state index contributed by atoms with van der Waals surface area (Å²) < 4.78 is 0. The van der Waals surface area contributed by atoms with Gasteiger partial charge in [0.05, 0.1) is 33.2 Å². The average Bonchev–Trinajstić information content (AvgIpc) is 2.90. The normalized spacial score (nSPS) is 16.4. The van der Waals surface area contributed by atoms with E-state index in [0.29, 0.717) is 42.4 Å². The summed E-state index contributed by atoms with van der Waals surface area (Å²) in [5.41, 5.74) is 2.64. The number of rotatable bonds is 6. The van der Waals surface area contributed by atoms with Crippen LogP contribution in [0, 0.1) is 0 Å². The SMILES string of the molecule is O=C1/C(=C/c2ccc(Cl)c(Cl)c2)CN(C(=O)N[C@@H](Cc2ccccc2)C(=O)O)C/C1=C\c1ccc(Cl)c(Cl)c1. The predicted molar refractivity (Wildman–Crippen MR) is 156 cm³/mol. The van der Waals surface area contributed by atoms with E-state index < -0.39 is 18.0 Å². The molecule has 1 atom stereocenters. The molecule has 0 bridgehead atoms. The highest BCUT2D eigenvalue weighted by atomic mass is 35.5. The molecule has 3 aromatic carbocycles. The van der Waals surface area contributed by atoms with Crippen LogP contribution in [0.4, 0.5) is 4.79 Å². The fourth-order valence-electron chi connectivity index (χ4n) is 4.08. The lowest BCUT2D eigenvalue weighted by atomic mass is 9.94. The Morgan fingerprint density at radius 1 is 0.821 bits per heavy atom. The van der Waals surface area contributed by atoms with Gasteiger partial charge in [-0.15, -0.1) is 0 Å². The lowest BCUT2D eigenvalue weighted by molar-refractivity contribution is -0.139. The standard InChI is InChI=1S/C29H22Cl4N2O4/c30-22-8-6-18(12-24(22)32)10-20-15-35(16-21(27(20)36)11-19-7-9-23(31)25(33)13-19)29(39)34-26(28(37)38)14-17-4-2-1-3-5-17/h1-13,26H,14-16H2,(H,34,39)(H,37,38)/b20-10+,21-11+/t26-/m0/s1. The van der Waals surface area contributed by atoms with Gasteiger partial charge < -0.3 is 15.3 Å². The third-order valence-electron chi connectivity index (χ3n) is 6.04. The molecule has 6 nitrogen and oxygen atoms in total. The van der Waals surface area contributed by atoms with Crippen LogP contribution in [0.5, 0.6) is 0 Å². The molecule has 39 heavy (non-hydrogen) atoms. The van der Waals surface area contributed by atoms with Gasteiger partial charge in [-0.05, 0) is 53.1 Å². The van der Waals surface area contributed by atoms with Crippen molar-refractivity contribution in [1.82, 2.24) is 10.2 Å². The summed E-state index contributed by atoms with van der Waals surface area (Å²) in [4.78, 5) is 40.1. The van der Waals surface area contributed by atoms with Crippen molar-refractivity contribution in [3.05, 3.63) is 115 Å². The summed E-state index contributed by atoms with van der Waals surface area (Å²) in [5, 5.41) is 13.7. The molecule has 4 rings (SSSR count). The van der Waals surface area contributed by atoms with Gasteiger partial charge >= 0.3 is 12.0 Å². The van der Waals surface area contributed by atoms with Gasteiger partial charge in [0.2, 0.25) is 0 Å². The first-order chi connectivity index (χ1) is 18.6. The van der Waals surface area contributed by atoms with E-state index in [4.69, 9.17) is 46.4 Å². The first-order valence-electron chi connectivity index (χ1n) is 11.8. The van der Waals surface area contributed by atoms with E-state index in [1.54, 1.807) is 72.8 Å². The molecule has 0 saturated carbocycles. The highest BCUT2D eigenvalue weighted by Gasteiger charge is 2.31. The van der Waals surface area contributed by atoms with Gasteiger partial charge in [0, 0.05) is 17.6 Å². The van der Waals surface area contributed by atoms with Crippen molar-refractivity contribution >= 4 is 76.3 Å². The maximum absolute atomic E-state index is 13.5. The number of ketones is 1. The monoisotopic (exact) mass is 602 g/mol. The molecule has 10 heteroatoms. The first-order valence-corrected chi connectivity index (χ1v) is 13.3. The zero-order valence-electron chi connectivity index (χ0n) is 20.3. The second-order valence-electron chi connectivity index (χ2n) is 8.90. The van der Waals surface area contributed by atoms with Crippen LogP contribution in [0.15, 0.2) is 77.9 Å². The Bertz CT molecular complexity index is 1410. The minimum Gasteiger partial charge on any atom is -0.480 e. The Labute approximate surface area is 245 Å². The van der Waals surface area contributed by atoms with Crippen LogP contribution in [0.25, 0.3) is 12.2 Å². The number of piperidine rings is 1. The number of Topliss-reactive ketones (excluding diaryl/α,β-unsaturated/α-hetero) is 1. The molecule has 0 unspecified atom stereocenters. The van der Waals surface area contributed by atoms with E-state index in [0.717, 1.165) is 5.56 Å². The van der Waals surface area contributed by atoms with Crippen molar-refractivity contribution in [2.45, 2.75) is 12.5 Å². The van der Waals surface area contributed by atoms with E-state index in [1.807, 2.05) is 6.07 Å². The maximum atomic E-state index is 13.5. The number of urea groups is 1. The highest BCUT2D eigenvalue weighted by Crippen LogP contribution is 2.28. The molecule has 2 amide bonds. The summed E-state index contributed by atoms with van der Waals surface area (Å²) >= 11 is 24.4. The second kappa shape index (κ2) is 12.7. The van der Waals surface area contributed by atoms with E-state index >= 15 is 0 Å². The van der Waals surface area contributed by atoms with E-state index in [2.05, 4.69) is 5.32 Å². The van der Waals surface area contributed by atoms with Gasteiger partial charge in [0.25, 0.3) is 0 Å². The van der Waals surface area contributed by atoms with Gasteiger partial charge in [0.15, 0.2) is 5.78 Å². The van der Waals surface area contributed by atoms with Crippen LogP contribution in [0.2, 0.25) is 20.1 Å². The number of likely N-dealkylation sites (tertiary alicyclic amines) is 1. The quantitative estimate of drug-likeness (QED) is 0.295. The number of nitrogens with zero attached hydrogens (tertiary/aromatic N) is 1. The summed E-state index contributed by atoms with van der Waals surface area (Å²) in [6.07, 6.45) is 3.36. The Morgan fingerprint density at radius 2 is 1.33 bits per heavy atom. The lowest BCUT2D eigenvalue weighted by Gasteiger charge is -2.31. The van der Waals surface area contributed by atoms with E-state index in [1.165, 1.54) is 4.90 Å². The zero-order valence-corrected chi connectivity index (χ0v) is 23.4. The number of carbonyl (C=O) groups excluding carboxylic acids is 2. The molecule has 3 aromatic rings. The molecule has 1 aliphatic rings. The number of carboxylic acids is 1. The van der Waals surface area contributed by atoms with E-state index in [9.17, 15) is 19.5 Å². The molecular formula is C29H22Cl4N2O4. The van der Waals surface area contributed by atoms with Gasteiger partial charge in [-0.3, -0.25) is 4.79 Å². The summed E-state index contributed by atoms with van der Waals surface area (Å²) in [7, 11) is 0. The summed E-state index contributed by atoms with van der Waals surface area (Å²) in [5.74, 6) is -1.44. The Kier molecular flexibility index (Phi) is 9.36. The highest BCUT2D eigenvalue weighted by molar-refractivity contribution is 6.42. The molecule has 1 saturated heterocycles. The van der Waals surface area contributed by atoms with Crippen molar-refractivity contribution in [2.24, 2.45) is 0 Å². The molecular weight excluding hydrogens is 582 g/mol. The minimum atomic E-state index is -1.17. The third kappa shape index (κ3) is 7.43. The second-order valence-corrected chi connectivity index (χ2v) is 10.5. The van der Waals surface area contributed by atoms with Crippen molar-refractivity contribution < 1.29 is 19.5 Å². The number of carboxylic acid groups (broad SMARTS) is 1. The summed E-state index contributed by atoms with van der Waals surface area (Å²) in [6.45, 7) is -0.0807. The predicted octanol–water partition coefficient (Wildman–Crippen LogP) is 7.06. The zero-order chi connectivity index (χ0) is 28.1. The minimum absolute atomic E-state index is 0.0404. The topological polar surface area (TPSA) is 86.7 Å². The maximum Gasteiger partial charge on any atom is 0.326 e. The number of aliphatic carboxylic acids is 1. The fraction of sp³-hybridized carbons (Fsp3) is 0.138. The average molecular weight is 604 g/mol. The molecule has 0 aromatic heterocycles. The van der Waals surface area contributed by atoms with Crippen molar-refractivity contribution in [3.63, 3.8) is 0 Å². The van der Waals surface area contributed by atoms with E-state index in [-0.39, 0.29) is 25.3 Å². The number of benzene rings is 3. The molecule has 2 N–H and O–H groups in total.